The normalized spacial score (nSPS) is 35.0. The van der Waals surface area contributed by atoms with E-state index in [4.69, 9.17) is 0 Å². The molecule has 68 valence electrons. The van der Waals surface area contributed by atoms with Crippen LogP contribution in [0.4, 0.5) is 0 Å². The van der Waals surface area contributed by atoms with Crippen LogP contribution >= 0.6 is 0 Å². The lowest BCUT2D eigenvalue weighted by Gasteiger charge is -2.31. The molecule has 1 aliphatic heterocycles. The summed E-state index contributed by atoms with van der Waals surface area (Å²) < 4.78 is 0. The molecule has 1 heteroatoms. The summed E-state index contributed by atoms with van der Waals surface area (Å²) in [6, 6.07) is 0. The Bertz CT molecular complexity index is 173. The van der Waals surface area contributed by atoms with Gasteiger partial charge in [0, 0.05) is 0 Å². The zero-order valence-electron chi connectivity index (χ0n) is 7.81. The summed E-state index contributed by atoms with van der Waals surface area (Å²) in [6.45, 7) is 2.58. The quantitative estimate of drug-likeness (QED) is 0.661. The topological polar surface area (TPSA) is 12.0 Å². The molecule has 0 aromatic rings. The van der Waals surface area contributed by atoms with E-state index in [1.165, 1.54) is 31.8 Å². The first-order valence-electron chi connectivity index (χ1n) is 5.62. The first-order valence-corrected chi connectivity index (χ1v) is 5.62. The highest BCUT2D eigenvalue weighted by Crippen LogP contribution is 2.66. The highest BCUT2D eigenvalue weighted by Gasteiger charge is 2.57. The number of piperidine rings is 1. The average Bonchev–Trinajstić information content (AvgIpc) is 2.99. The number of hydrogen-bond donors (Lipinski definition) is 1. The maximum absolute atomic E-state index is 3.47. The molecule has 0 amide bonds. The smallest absolute Gasteiger partial charge is 0.00461 e. The van der Waals surface area contributed by atoms with Crippen LogP contribution in [0.25, 0.3) is 0 Å². The third kappa shape index (κ3) is 1.02. The van der Waals surface area contributed by atoms with Crippen LogP contribution in [-0.4, -0.2) is 13.1 Å². The molecule has 0 bridgehead atoms. The van der Waals surface area contributed by atoms with Gasteiger partial charge in [0.1, 0.15) is 0 Å². The lowest BCUT2D eigenvalue weighted by molar-refractivity contribution is 0.211. The van der Waals surface area contributed by atoms with Gasteiger partial charge in [-0.3, -0.25) is 0 Å². The van der Waals surface area contributed by atoms with Crippen molar-refractivity contribution in [1.82, 2.24) is 5.32 Å². The molecule has 1 heterocycles. The Kier molecular flexibility index (Phi) is 1.52. The summed E-state index contributed by atoms with van der Waals surface area (Å²) in [5, 5.41) is 3.47. The van der Waals surface area contributed by atoms with Crippen LogP contribution in [0.5, 0.6) is 0 Å². The molecule has 3 aliphatic rings. The maximum Gasteiger partial charge on any atom is -0.00461 e. The highest BCUT2D eigenvalue weighted by molar-refractivity contribution is 5.07. The molecule has 0 spiro atoms. The van der Waals surface area contributed by atoms with Crippen molar-refractivity contribution >= 4 is 0 Å². The number of hydrogen-bond acceptors (Lipinski definition) is 1. The van der Waals surface area contributed by atoms with Gasteiger partial charge in [0.25, 0.3) is 0 Å². The Morgan fingerprint density at radius 3 is 1.92 bits per heavy atom. The van der Waals surface area contributed by atoms with Crippen LogP contribution in [-0.2, 0) is 0 Å². The second-order valence-electron chi connectivity index (χ2n) is 5.03. The zero-order chi connectivity index (χ0) is 8.02. The third-order valence-electron chi connectivity index (χ3n) is 4.37. The molecule has 2 aliphatic carbocycles. The van der Waals surface area contributed by atoms with Gasteiger partial charge in [-0.15, -0.1) is 0 Å². The van der Waals surface area contributed by atoms with E-state index in [9.17, 15) is 0 Å². The molecule has 0 aromatic carbocycles. The standard InChI is InChI=1S/C11H19N/c1-2-9(1)11(5-6-11)10-3-7-12-8-4-10/h9-10,12H,1-8H2. The summed E-state index contributed by atoms with van der Waals surface area (Å²) in [6.07, 6.45) is 9.20. The van der Waals surface area contributed by atoms with E-state index in [1.54, 1.807) is 25.7 Å². The Hall–Kier alpha value is -0.0400. The molecule has 0 aromatic heterocycles. The van der Waals surface area contributed by atoms with Crippen LogP contribution in [0.15, 0.2) is 0 Å². The second kappa shape index (κ2) is 2.47. The van der Waals surface area contributed by atoms with E-state index in [1.807, 2.05) is 0 Å². The van der Waals surface area contributed by atoms with Crippen LogP contribution in [0.2, 0.25) is 0 Å². The van der Waals surface area contributed by atoms with E-state index < -0.39 is 0 Å². The van der Waals surface area contributed by atoms with Crippen molar-refractivity contribution in [3.63, 3.8) is 0 Å². The summed E-state index contributed by atoms with van der Waals surface area (Å²) in [5.41, 5.74) is 0.891. The Labute approximate surface area is 74.9 Å². The molecule has 1 N–H and O–H groups in total. The Morgan fingerprint density at radius 2 is 1.42 bits per heavy atom. The van der Waals surface area contributed by atoms with E-state index >= 15 is 0 Å². The van der Waals surface area contributed by atoms with Crippen molar-refractivity contribution in [1.29, 1.82) is 0 Å². The molecule has 2 saturated carbocycles. The average molecular weight is 165 g/mol. The lowest BCUT2D eigenvalue weighted by atomic mass is 9.79. The Morgan fingerprint density at radius 1 is 0.833 bits per heavy atom. The van der Waals surface area contributed by atoms with Crippen molar-refractivity contribution in [2.45, 2.75) is 38.5 Å². The van der Waals surface area contributed by atoms with Crippen molar-refractivity contribution in [2.75, 3.05) is 13.1 Å². The minimum Gasteiger partial charge on any atom is -0.317 e. The Balaban J connectivity index is 1.69. The van der Waals surface area contributed by atoms with E-state index in [2.05, 4.69) is 5.32 Å². The monoisotopic (exact) mass is 165 g/mol. The summed E-state index contributed by atoms with van der Waals surface area (Å²) in [7, 11) is 0. The van der Waals surface area contributed by atoms with Crippen LogP contribution < -0.4 is 5.32 Å². The van der Waals surface area contributed by atoms with Gasteiger partial charge < -0.3 is 5.32 Å². The van der Waals surface area contributed by atoms with Gasteiger partial charge in [-0.1, -0.05) is 0 Å². The summed E-state index contributed by atoms with van der Waals surface area (Å²) in [5.74, 6) is 2.27. The van der Waals surface area contributed by atoms with Gasteiger partial charge in [-0.25, -0.2) is 0 Å². The van der Waals surface area contributed by atoms with Crippen molar-refractivity contribution in [2.24, 2.45) is 17.3 Å². The predicted octanol–water partition coefficient (Wildman–Crippen LogP) is 2.18. The van der Waals surface area contributed by atoms with Crippen LogP contribution in [0.1, 0.15) is 38.5 Å². The van der Waals surface area contributed by atoms with Gasteiger partial charge in [0.05, 0.1) is 0 Å². The first-order chi connectivity index (χ1) is 5.92. The van der Waals surface area contributed by atoms with Gasteiger partial charge in [0.2, 0.25) is 0 Å². The van der Waals surface area contributed by atoms with E-state index in [-0.39, 0.29) is 0 Å². The van der Waals surface area contributed by atoms with E-state index in [0.29, 0.717) is 0 Å². The molecule has 12 heavy (non-hydrogen) atoms. The largest absolute Gasteiger partial charge is 0.317 e. The summed E-state index contributed by atoms with van der Waals surface area (Å²) >= 11 is 0. The second-order valence-corrected chi connectivity index (χ2v) is 5.03. The van der Waals surface area contributed by atoms with Gasteiger partial charge in [0.15, 0.2) is 0 Å². The lowest BCUT2D eigenvalue weighted by Crippen LogP contribution is -2.33. The predicted molar refractivity (Wildman–Crippen MR) is 50.0 cm³/mol. The fourth-order valence-corrected chi connectivity index (χ4v) is 3.35. The fraction of sp³-hybridized carbons (Fsp3) is 1.00. The van der Waals surface area contributed by atoms with Crippen molar-refractivity contribution in [3.8, 4) is 0 Å². The first kappa shape index (κ1) is 7.37. The highest BCUT2D eigenvalue weighted by atomic mass is 14.9. The van der Waals surface area contributed by atoms with Crippen molar-refractivity contribution in [3.05, 3.63) is 0 Å². The fourth-order valence-electron chi connectivity index (χ4n) is 3.35. The maximum atomic E-state index is 3.47. The van der Waals surface area contributed by atoms with E-state index in [0.717, 1.165) is 11.3 Å². The summed E-state index contributed by atoms with van der Waals surface area (Å²) in [4.78, 5) is 0. The van der Waals surface area contributed by atoms with Gasteiger partial charge in [-0.2, -0.15) is 0 Å². The molecule has 0 radical (unpaired) electrons. The molecule has 3 fully saturated rings. The third-order valence-corrected chi connectivity index (χ3v) is 4.37. The SMILES string of the molecule is C1CC(C2(C3CC3)CC2)CCN1. The molecule has 1 nitrogen and oxygen atoms in total. The minimum absolute atomic E-state index is 0.891. The van der Waals surface area contributed by atoms with Crippen LogP contribution in [0.3, 0.4) is 0 Å². The van der Waals surface area contributed by atoms with Gasteiger partial charge >= 0.3 is 0 Å². The van der Waals surface area contributed by atoms with Crippen LogP contribution in [0, 0.1) is 17.3 Å². The number of nitrogens with one attached hydrogen (secondary N) is 1. The molecule has 0 unspecified atom stereocenters. The molecule has 3 rings (SSSR count). The molecular weight excluding hydrogens is 146 g/mol. The molecular formula is C11H19N. The zero-order valence-corrected chi connectivity index (χ0v) is 7.81. The van der Waals surface area contributed by atoms with Gasteiger partial charge in [-0.05, 0) is 68.9 Å². The minimum atomic E-state index is 0.891. The van der Waals surface area contributed by atoms with Crippen molar-refractivity contribution < 1.29 is 0 Å². The number of rotatable bonds is 2. The molecule has 1 saturated heterocycles. The molecule has 0 atom stereocenters.